The van der Waals surface area contributed by atoms with Crippen LogP contribution >= 0.6 is 0 Å². The number of carboxylic acids is 1. The van der Waals surface area contributed by atoms with Crippen molar-refractivity contribution in [3.05, 3.63) is 0 Å². The van der Waals surface area contributed by atoms with Crippen molar-refractivity contribution in [3.63, 3.8) is 0 Å². The molecule has 0 heterocycles. The molecule has 0 aromatic rings. The molecule has 106 valence electrons. The van der Waals surface area contributed by atoms with Gasteiger partial charge >= 0.3 is 12.0 Å². The third-order valence-electron chi connectivity index (χ3n) is 3.57. The van der Waals surface area contributed by atoms with Crippen molar-refractivity contribution in [3.8, 4) is 0 Å². The average molecular weight is 258 g/mol. The van der Waals surface area contributed by atoms with E-state index in [0.29, 0.717) is 19.5 Å². The summed E-state index contributed by atoms with van der Waals surface area (Å²) in [6.45, 7) is 11.6. The van der Waals surface area contributed by atoms with Gasteiger partial charge in [-0.25, -0.2) is 4.79 Å². The second-order valence-corrected chi connectivity index (χ2v) is 6.24. The van der Waals surface area contributed by atoms with Gasteiger partial charge in [0.15, 0.2) is 0 Å². The number of carboxylic acid groups (broad SMARTS) is 1. The molecule has 0 aliphatic rings. The van der Waals surface area contributed by atoms with Crippen LogP contribution in [0.1, 0.15) is 47.5 Å². The van der Waals surface area contributed by atoms with E-state index in [-0.39, 0.29) is 23.3 Å². The molecule has 0 rings (SSSR count). The highest BCUT2D eigenvalue weighted by atomic mass is 16.4. The van der Waals surface area contributed by atoms with Crippen LogP contribution in [0.3, 0.4) is 0 Å². The predicted molar refractivity (Wildman–Crippen MR) is 71.5 cm³/mol. The summed E-state index contributed by atoms with van der Waals surface area (Å²) in [6.07, 6.45) is 0.527. The lowest BCUT2D eigenvalue weighted by molar-refractivity contribution is -0.137. The van der Waals surface area contributed by atoms with Crippen LogP contribution in [0, 0.1) is 10.8 Å². The standard InChI is InChI=1S/C13H26N2O3/c1-12(2,3)13(4,5)9-15-11(18)14-8-6-7-10(16)17/h6-9H2,1-5H3,(H,16,17)(H2,14,15,18). The molecule has 0 fully saturated rings. The van der Waals surface area contributed by atoms with Crippen molar-refractivity contribution in [1.82, 2.24) is 10.6 Å². The molecule has 0 aliphatic carbocycles. The average Bonchev–Trinajstić information content (AvgIpc) is 2.19. The van der Waals surface area contributed by atoms with E-state index in [2.05, 4.69) is 45.3 Å². The van der Waals surface area contributed by atoms with Gasteiger partial charge in [-0.1, -0.05) is 34.6 Å². The molecule has 2 amide bonds. The summed E-state index contributed by atoms with van der Waals surface area (Å²) in [5, 5.41) is 13.9. The minimum absolute atomic E-state index is 0.00853. The van der Waals surface area contributed by atoms with Crippen LogP contribution in [-0.2, 0) is 4.79 Å². The zero-order valence-electron chi connectivity index (χ0n) is 12.1. The van der Waals surface area contributed by atoms with Gasteiger partial charge in [0.2, 0.25) is 0 Å². The maximum Gasteiger partial charge on any atom is 0.314 e. The van der Waals surface area contributed by atoms with Crippen molar-refractivity contribution >= 4 is 12.0 Å². The molecule has 0 radical (unpaired) electrons. The summed E-state index contributed by atoms with van der Waals surface area (Å²) in [5.41, 5.74) is 0.0923. The van der Waals surface area contributed by atoms with Crippen LogP contribution in [0.25, 0.3) is 0 Å². The van der Waals surface area contributed by atoms with E-state index in [0.717, 1.165) is 0 Å². The Hall–Kier alpha value is -1.26. The summed E-state index contributed by atoms with van der Waals surface area (Å²) in [4.78, 5) is 21.8. The summed E-state index contributed by atoms with van der Waals surface area (Å²) < 4.78 is 0. The Morgan fingerprint density at radius 2 is 1.61 bits per heavy atom. The minimum Gasteiger partial charge on any atom is -0.481 e. The Kier molecular flexibility index (Phi) is 6.15. The zero-order chi connectivity index (χ0) is 14.4. The zero-order valence-corrected chi connectivity index (χ0v) is 12.1. The van der Waals surface area contributed by atoms with E-state index < -0.39 is 5.97 Å². The van der Waals surface area contributed by atoms with E-state index in [9.17, 15) is 9.59 Å². The van der Waals surface area contributed by atoms with Crippen LogP contribution < -0.4 is 10.6 Å². The first-order chi connectivity index (χ1) is 8.06. The van der Waals surface area contributed by atoms with Crippen LogP contribution in [0.4, 0.5) is 4.79 Å². The van der Waals surface area contributed by atoms with Gasteiger partial charge < -0.3 is 15.7 Å². The molecule has 0 saturated heterocycles. The molecular weight excluding hydrogens is 232 g/mol. The smallest absolute Gasteiger partial charge is 0.314 e. The SMILES string of the molecule is CC(C)(C)C(C)(C)CNC(=O)NCCCC(=O)O. The fourth-order valence-electron chi connectivity index (χ4n) is 1.07. The third kappa shape index (κ3) is 6.47. The fraction of sp³-hybridized carbons (Fsp3) is 0.846. The topological polar surface area (TPSA) is 78.4 Å². The Bertz CT molecular complexity index is 293. The largest absolute Gasteiger partial charge is 0.481 e. The van der Waals surface area contributed by atoms with Crippen molar-refractivity contribution < 1.29 is 14.7 Å². The molecule has 0 bridgehead atoms. The molecule has 5 nitrogen and oxygen atoms in total. The molecular formula is C13H26N2O3. The second-order valence-electron chi connectivity index (χ2n) is 6.24. The van der Waals surface area contributed by atoms with Crippen molar-refractivity contribution in [2.45, 2.75) is 47.5 Å². The number of urea groups is 1. The number of carbonyl (C=O) groups excluding carboxylic acids is 1. The molecule has 0 aliphatic heterocycles. The summed E-state index contributed by atoms with van der Waals surface area (Å²) in [5.74, 6) is -0.842. The van der Waals surface area contributed by atoms with Crippen LogP contribution in [-0.4, -0.2) is 30.2 Å². The molecule has 5 heteroatoms. The number of aliphatic carboxylic acids is 1. The molecule has 0 aromatic carbocycles. The quantitative estimate of drug-likeness (QED) is 0.639. The maximum absolute atomic E-state index is 11.5. The lowest BCUT2D eigenvalue weighted by Gasteiger charge is -2.38. The van der Waals surface area contributed by atoms with Crippen LogP contribution in [0.5, 0.6) is 0 Å². The predicted octanol–water partition coefficient (Wildman–Crippen LogP) is 2.22. The van der Waals surface area contributed by atoms with E-state index in [1.807, 2.05) is 0 Å². The third-order valence-corrected chi connectivity index (χ3v) is 3.57. The number of hydrogen-bond acceptors (Lipinski definition) is 2. The van der Waals surface area contributed by atoms with E-state index in [1.165, 1.54) is 0 Å². The van der Waals surface area contributed by atoms with Gasteiger partial charge in [-0.15, -0.1) is 0 Å². The number of carbonyl (C=O) groups is 2. The van der Waals surface area contributed by atoms with Gasteiger partial charge in [0.05, 0.1) is 0 Å². The van der Waals surface area contributed by atoms with Gasteiger partial charge in [0.1, 0.15) is 0 Å². The highest BCUT2D eigenvalue weighted by Crippen LogP contribution is 2.36. The fourth-order valence-corrected chi connectivity index (χ4v) is 1.07. The van der Waals surface area contributed by atoms with Gasteiger partial charge in [-0.3, -0.25) is 4.79 Å². The lowest BCUT2D eigenvalue weighted by Crippen LogP contribution is -2.45. The Morgan fingerprint density at radius 3 is 2.06 bits per heavy atom. The molecule has 3 N–H and O–H groups in total. The van der Waals surface area contributed by atoms with Gasteiger partial charge in [0, 0.05) is 19.5 Å². The molecule has 0 saturated carbocycles. The van der Waals surface area contributed by atoms with E-state index >= 15 is 0 Å². The van der Waals surface area contributed by atoms with Gasteiger partial charge in [-0.05, 0) is 17.3 Å². The van der Waals surface area contributed by atoms with Crippen molar-refractivity contribution in [1.29, 1.82) is 0 Å². The molecule has 0 spiro atoms. The summed E-state index contributed by atoms with van der Waals surface area (Å²) in [6, 6.07) is -0.238. The number of nitrogens with one attached hydrogen (secondary N) is 2. The Morgan fingerprint density at radius 1 is 1.06 bits per heavy atom. The van der Waals surface area contributed by atoms with Crippen LogP contribution in [0.2, 0.25) is 0 Å². The summed E-state index contributed by atoms with van der Waals surface area (Å²) >= 11 is 0. The monoisotopic (exact) mass is 258 g/mol. The van der Waals surface area contributed by atoms with E-state index in [4.69, 9.17) is 5.11 Å². The first kappa shape index (κ1) is 16.7. The number of hydrogen-bond donors (Lipinski definition) is 3. The Balaban J connectivity index is 3.87. The highest BCUT2D eigenvalue weighted by Gasteiger charge is 2.32. The molecule has 0 unspecified atom stereocenters. The van der Waals surface area contributed by atoms with Crippen molar-refractivity contribution in [2.75, 3.05) is 13.1 Å². The summed E-state index contributed by atoms with van der Waals surface area (Å²) in [7, 11) is 0. The minimum atomic E-state index is -0.842. The number of rotatable bonds is 6. The second kappa shape index (κ2) is 6.61. The molecule has 18 heavy (non-hydrogen) atoms. The van der Waals surface area contributed by atoms with Crippen molar-refractivity contribution in [2.24, 2.45) is 10.8 Å². The maximum atomic E-state index is 11.5. The molecule has 0 atom stereocenters. The van der Waals surface area contributed by atoms with Gasteiger partial charge in [0.25, 0.3) is 0 Å². The van der Waals surface area contributed by atoms with Gasteiger partial charge in [-0.2, -0.15) is 0 Å². The molecule has 0 aromatic heterocycles. The highest BCUT2D eigenvalue weighted by molar-refractivity contribution is 5.74. The Labute approximate surface area is 109 Å². The van der Waals surface area contributed by atoms with Crippen LogP contribution in [0.15, 0.2) is 0 Å². The number of amides is 2. The normalized spacial score (nSPS) is 12.1. The first-order valence-corrected chi connectivity index (χ1v) is 6.30. The first-order valence-electron chi connectivity index (χ1n) is 6.30. The van der Waals surface area contributed by atoms with E-state index in [1.54, 1.807) is 0 Å². The lowest BCUT2D eigenvalue weighted by atomic mass is 9.69.